The number of hydrogen-bond donors (Lipinski definition) is 0. The zero-order valence-corrected chi connectivity index (χ0v) is 16.3. The zero-order chi connectivity index (χ0) is 24.1. The van der Waals surface area contributed by atoms with Gasteiger partial charge in [-0.15, -0.1) is 0 Å². The highest BCUT2D eigenvalue weighted by Gasteiger charge is 2.23. The SMILES string of the molecule is C=C(F)C(=O)OCC(CCCC(COC(=O)C(=C)F)OC(=O)C(=C)F)OC(=O)C(=C)F. The molecule has 12 heteroatoms. The first-order valence-corrected chi connectivity index (χ1v) is 8.48. The largest absolute Gasteiger partial charge is 0.456 e. The molecule has 0 aliphatic rings. The molecule has 2 atom stereocenters. The smallest absolute Gasteiger partial charge is 0.366 e. The van der Waals surface area contributed by atoms with Crippen molar-refractivity contribution in [1.29, 1.82) is 0 Å². The standard InChI is InChI=1S/C19H20F4O8/c1-10(20)16(24)28-8-14(30-18(26)12(3)22)6-5-7-15(31-19(27)13(4)23)9-29-17(25)11(2)21/h14-15H,1-9H2. The van der Waals surface area contributed by atoms with E-state index < -0.39 is 72.6 Å². The summed E-state index contributed by atoms with van der Waals surface area (Å²) < 4.78 is 69.5. The van der Waals surface area contributed by atoms with Gasteiger partial charge in [0.05, 0.1) is 0 Å². The van der Waals surface area contributed by atoms with Gasteiger partial charge in [-0.2, -0.15) is 17.6 Å². The van der Waals surface area contributed by atoms with Crippen LogP contribution in [0.3, 0.4) is 0 Å². The summed E-state index contributed by atoms with van der Waals surface area (Å²) in [5, 5.41) is 0. The van der Waals surface area contributed by atoms with E-state index in [9.17, 15) is 36.7 Å². The Balaban J connectivity index is 5.00. The van der Waals surface area contributed by atoms with Gasteiger partial charge in [0.1, 0.15) is 25.4 Å². The molecular weight excluding hydrogens is 432 g/mol. The lowest BCUT2D eigenvalue weighted by molar-refractivity contribution is -0.157. The van der Waals surface area contributed by atoms with Crippen molar-refractivity contribution in [3.05, 3.63) is 49.6 Å². The normalized spacial score (nSPS) is 12.0. The third-order valence-corrected chi connectivity index (χ3v) is 3.29. The molecule has 31 heavy (non-hydrogen) atoms. The van der Waals surface area contributed by atoms with Gasteiger partial charge in [-0.3, -0.25) is 0 Å². The lowest BCUT2D eigenvalue weighted by Gasteiger charge is -2.20. The molecule has 0 N–H and O–H groups in total. The summed E-state index contributed by atoms with van der Waals surface area (Å²) in [6.07, 6.45) is -2.87. The van der Waals surface area contributed by atoms with E-state index >= 15 is 0 Å². The van der Waals surface area contributed by atoms with Crippen LogP contribution >= 0.6 is 0 Å². The Morgan fingerprint density at radius 3 is 1.13 bits per heavy atom. The Morgan fingerprint density at radius 1 is 0.581 bits per heavy atom. The topological polar surface area (TPSA) is 105 Å². The Hall–Kier alpha value is -3.44. The summed E-state index contributed by atoms with van der Waals surface area (Å²) in [4.78, 5) is 44.9. The second-order valence-electron chi connectivity index (χ2n) is 5.80. The third-order valence-electron chi connectivity index (χ3n) is 3.29. The lowest BCUT2D eigenvalue weighted by Crippen LogP contribution is -2.28. The molecule has 0 spiro atoms. The molecule has 0 amide bonds. The van der Waals surface area contributed by atoms with Crippen molar-refractivity contribution >= 4 is 23.9 Å². The summed E-state index contributed by atoms with van der Waals surface area (Å²) in [5.41, 5.74) is 0. The zero-order valence-electron chi connectivity index (χ0n) is 16.3. The number of hydrogen-bond acceptors (Lipinski definition) is 8. The summed E-state index contributed by atoms with van der Waals surface area (Å²) in [6.45, 7) is 9.54. The van der Waals surface area contributed by atoms with Crippen LogP contribution in [0.25, 0.3) is 0 Å². The number of ether oxygens (including phenoxy) is 4. The second-order valence-corrected chi connectivity index (χ2v) is 5.80. The molecule has 0 aromatic heterocycles. The fourth-order valence-corrected chi connectivity index (χ4v) is 1.85. The van der Waals surface area contributed by atoms with Crippen LogP contribution in [0.15, 0.2) is 49.6 Å². The van der Waals surface area contributed by atoms with Crippen molar-refractivity contribution in [3.63, 3.8) is 0 Å². The first-order valence-electron chi connectivity index (χ1n) is 8.48. The summed E-state index contributed by atoms with van der Waals surface area (Å²) in [7, 11) is 0. The molecule has 0 aromatic carbocycles. The molecule has 2 unspecified atom stereocenters. The van der Waals surface area contributed by atoms with E-state index in [0.29, 0.717) is 0 Å². The first-order chi connectivity index (χ1) is 14.3. The summed E-state index contributed by atoms with van der Waals surface area (Å²) in [5.74, 6) is -11.5. The Morgan fingerprint density at radius 2 is 0.871 bits per heavy atom. The highest BCUT2D eigenvalue weighted by atomic mass is 19.1. The predicted molar refractivity (Wildman–Crippen MR) is 96.5 cm³/mol. The molecule has 0 aliphatic carbocycles. The van der Waals surface area contributed by atoms with Gasteiger partial charge in [-0.1, -0.05) is 26.3 Å². The molecule has 0 rings (SSSR count). The van der Waals surface area contributed by atoms with E-state index in [-0.39, 0.29) is 19.3 Å². The molecule has 0 aliphatic heterocycles. The van der Waals surface area contributed by atoms with Crippen LogP contribution in [0, 0.1) is 0 Å². The minimum absolute atomic E-state index is 0.0182. The van der Waals surface area contributed by atoms with Gasteiger partial charge in [0, 0.05) is 0 Å². The molecule has 0 aromatic rings. The van der Waals surface area contributed by atoms with E-state index in [0.717, 1.165) is 0 Å². The molecule has 0 bridgehead atoms. The van der Waals surface area contributed by atoms with E-state index in [1.54, 1.807) is 0 Å². The first kappa shape index (κ1) is 27.6. The van der Waals surface area contributed by atoms with Crippen LogP contribution in [0.2, 0.25) is 0 Å². The minimum Gasteiger partial charge on any atom is -0.456 e. The van der Waals surface area contributed by atoms with Gasteiger partial charge >= 0.3 is 23.9 Å². The van der Waals surface area contributed by atoms with E-state index in [1.807, 2.05) is 0 Å². The maximum Gasteiger partial charge on any atom is 0.366 e. The van der Waals surface area contributed by atoms with Crippen LogP contribution in [0.1, 0.15) is 19.3 Å². The molecule has 0 radical (unpaired) electrons. The molecule has 0 saturated carbocycles. The number of rotatable bonds is 14. The number of carbonyl (C=O) groups is 4. The number of halogens is 4. The van der Waals surface area contributed by atoms with Gasteiger partial charge in [0.2, 0.25) is 23.3 Å². The van der Waals surface area contributed by atoms with Crippen molar-refractivity contribution in [2.75, 3.05) is 13.2 Å². The molecule has 0 saturated heterocycles. The molecular formula is C19H20F4O8. The minimum atomic E-state index is -1.47. The average Bonchev–Trinajstić information content (AvgIpc) is 2.68. The van der Waals surface area contributed by atoms with E-state index in [1.165, 1.54) is 0 Å². The summed E-state index contributed by atoms with van der Waals surface area (Å²) in [6, 6.07) is 0. The van der Waals surface area contributed by atoms with Gasteiger partial charge in [-0.05, 0) is 19.3 Å². The van der Waals surface area contributed by atoms with Crippen LogP contribution in [-0.4, -0.2) is 49.3 Å². The third kappa shape index (κ3) is 12.0. The number of esters is 4. The van der Waals surface area contributed by atoms with Crippen LogP contribution in [0.4, 0.5) is 17.6 Å². The van der Waals surface area contributed by atoms with E-state index in [2.05, 4.69) is 35.8 Å². The maximum absolute atomic E-state index is 12.9. The fourth-order valence-electron chi connectivity index (χ4n) is 1.85. The van der Waals surface area contributed by atoms with Crippen LogP contribution < -0.4 is 0 Å². The summed E-state index contributed by atoms with van der Waals surface area (Å²) >= 11 is 0. The van der Waals surface area contributed by atoms with Crippen molar-refractivity contribution in [2.45, 2.75) is 31.5 Å². The second kappa shape index (κ2) is 13.7. The lowest BCUT2D eigenvalue weighted by atomic mass is 10.1. The molecule has 0 heterocycles. The van der Waals surface area contributed by atoms with Crippen molar-refractivity contribution < 1.29 is 55.7 Å². The molecule has 8 nitrogen and oxygen atoms in total. The van der Waals surface area contributed by atoms with E-state index in [4.69, 9.17) is 9.47 Å². The maximum atomic E-state index is 12.9. The van der Waals surface area contributed by atoms with Gasteiger partial charge in [0.25, 0.3) is 0 Å². The van der Waals surface area contributed by atoms with Crippen LogP contribution in [-0.2, 0) is 38.1 Å². The fraction of sp³-hybridized carbons (Fsp3) is 0.368. The number of carbonyl (C=O) groups excluding carboxylic acids is 4. The highest BCUT2D eigenvalue weighted by molar-refractivity contribution is 5.86. The van der Waals surface area contributed by atoms with Crippen molar-refractivity contribution in [2.24, 2.45) is 0 Å². The van der Waals surface area contributed by atoms with Crippen molar-refractivity contribution in [3.8, 4) is 0 Å². The van der Waals surface area contributed by atoms with Gasteiger partial charge in [0.15, 0.2) is 0 Å². The van der Waals surface area contributed by atoms with Crippen molar-refractivity contribution in [1.82, 2.24) is 0 Å². The molecule has 0 fully saturated rings. The monoisotopic (exact) mass is 452 g/mol. The molecule has 172 valence electrons. The Kier molecular flexibility index (Phi) is 12.2. The highest BCUT2D eigenvalue weighted by Crippen LogP contribution is 2.15. The van der Waals surface area contributed by atoms with Gasteiger partial charge in [-0.25, -0.2) is 19.2 Å². The van der Waals surface area contributed by atoms with Crippen LogP contribution in [0.5, 0.6) is 0 Å². The van der Waals surface area contributed by atoms with Gasteiger partial charge < -0.3 is 18.9 Å². The average molecular weight is 452 g/mol. The quantitative estimate of drug-likeness (QED) is 0.171. The Labute approximate surface area is 174 Å². The predicted octanol–water partition coefficient (Wildman–Crippen LogP) is 3.00. The Bertz CT molecular complexity index is 700.